The van der Waals surface area contributed by atoms with Gasteiger partial charge in [0.25, 0.3) is 0 Å². The van der Waals surface area contributed by atoms with Gasteiger partial charge in [0.05, 0.1) is 12.8 Å². The number of hydrogen-bond acceptors (Lipinski definition) is 3. The molecule has 1 heterocycles. The predicted molar refractivity (Wildman–Crippen MR) is 90.3 cm³/mol. The van der Waals surface area contributed by atoms with E-state index in [9.17, 15) is 0 Å². The number of nitrogens with one attached hydrogen (secondary N) is 1. The van der Waals surface area contributed by atoms with Gasteiger partial charge in [-0.2, -0.15) is 0 Å². The Hall–Kier alpha value is -0.800. The molecule has 0 aliphatic heterocycles. The van der Waals surface area contributed by atoms with Gasteiger partial charge in [-0.1, -0.05) is 33.6 Å². The van der Waals surface area contributed by atoms with E-state index in [4.69, 9.17) is 4.42 Å². The Labute approximate surface area is 131 Å². The summed E-state index contributed by atoms with van der Waals surface area (Å²) in [4.78, 5) is 2.55. The molecule has 0 bridgehead atoms. The molecule has 0 unspecified atom stereocenters. The maximum atomic E-state index is 5.66. The monoisotopic (exact) mass is 294 g/mol. The summed E-state index contributed by atoms with van der Waals surface area (Å²) in [5, 5.41) is 3.47. The van der Waals surface area contributed by atoms with Crippen LogP contribution in [0, 0.1) is 5.92 Å². The van der Waals surface area contributed by atoms with Crippen LogP contribution >= 0.6 is 0 Å². The van der Waals surface area contributed by atoms with E-state index in [0.29, 0.717) is 12.0 Å². The lowest BCUT2D eigenvalue weighted by molar-refractivity contribution is 0.207. The number of rotatable bonds is 11. The second-order valence-electron chi connectivity index (χ2n) is 6.67. The molecule has 1 N–H and O–H groups in total. The lowest BCUT2D eigenvalue weighted by atomic mass is 10.1. The number of furan rings is 1. The Morgan fingerprint density at radius 1 is 1.19 bits per heavy atom. The van der Waals surface area contributed by atoms with Crippen molar-refractivity contribution >= 4 is 0 Å². The largest absolute Gasteiger partial charge is 0.468 e. The fraction of sp³-hybridized carbons (Fsp3) is 0.778. The van der Waals surface area contributed by atoms with Gasteiger partial charge in [0, 0.05) is 18.2 Å². The quantitative estimate of drug-likeness (QED) is 0.612. The van der Waals surface area contributed by atoms with Crippen LogP contribution in [0.2, 0.25) is 0 Å². The predicted octanol–water partition coefficient (Wildman–Crippen LogP) is 4.43. The second kappa shape index (κ2) is 10.0. The lowest BCUT2D eigenvalue weighted by Crippen LogP contribution is -2.31. The summed E-state index contributed by atoms with van der Waals surface area (Å²) in [6, 6.07) is 2.70. The molecule has 0 fully saturated rings. The molecule has 0 radical (unpaired) electrons. The second-order valence-corrected chi connectivity index (χ2v) is 6.67. The third kappa shape index (κ3) is 7.14. The molecule has 0 saturated heterocycles. The molecule has 0 spiro atoms. The van der Waals surface area contributed by atoms with Crippen LogP contribution in [-0.2, 0) is 13.1 Å². The zero-order valence-electron chi connectivity index (χ0n) is 14.6. The van der Waals surface area contributed by atoms with Crippen molar-refractivity contribution in [3.05, 3.63) is 23.7 Å². The van der Waals surface area contributed by atoms with E-state index in [0.717, 1.165) is 25.4 Å². The van der Waals surface area contributed by atoms with Crippen molar-refractivity contribution in [1.82, 2.24) is 10.2 Å². The van der Waals surface area contributed by atoms with Gasteiger partial charge < -0.3 is 9.73 Å². The minimum Gasteiger partial charge on any atom is -0.468 e. The Balaban J connectivity index is 2.52. The molecule has 0 aliphatic rings. The van der Waals surface area contributed by atoms with Gasteiger partial charge in [0.15, 0.2) is 0 Å². The highest BCUT2D eigenvalue weighted by atomic mass is 16.3. The molecule has 21 heavy (non-hydrogen) atoms. The molecule has 0 saturated carbocycles. The zero-order valence-corrected chi connectivity index (χ0v) is 14.6. The first kappa shape index (κ1) is 18.2. The SMILES string of the molecule is CCCCCN(Cc1ccoc1CNCC(C)C)C(C)C. The van der Waals surface area contributed by atoms with Crippen molar-refractivity contribution in [3.63, 3.8) is 0 Å². The maximum Gasteiger partial charge on any atom is 0.122 e. The molecular weight excluding hydrogens is 260 g/mol. The number of unbranched alkanes of at least 4 members (excludes halogenated alkanes) is 2. The third-order valence-electron chi connectivity index (χ3n) is 3.83. The average Bonchev–Trinajstić information content (AvgIpc) is 2.84. The molecule has 3 heteroatoms. The highest BCUT2D eigenvalue weighted by molar-refractivity contribution is 5.17. The van der Waals surface area contributed by atoms with Crippen LogP contribution in [0.1, 0.15) is 65.2 Å². The van der Waals surface area contributed by atoms with Crippen molar-refractivity contribution in [2.45, 2.75) is 73.0 Å². The van der Waals surface area contributed by atoms with E-state index < -0.39 is 0 Å². The van der Waals surface area contributed by atoms with Gasteiger partial charge in [0.1, 0.15) is 5.76 Å². The minimum absolute atomic E-state index is 0.577. The Kier molecular flexibility index (Phi) is 8.70. The van der Waals surface area contributed by atoms with Crippen molar-refractivity contribution in [2.24, 2.45) is 5.92 Å². The Bertz CT molecular complexity index is 371. The summed E-state index contributed by atoms with van der Waals surface area (Å²) in [5.41, 5.74) is 1.33. The van der Waals surface area contributed by atoms with E-state index in [1.165, 1.54) is 31.4 Å². The minimum atomic E-state index is 0.577. The fourth-order valence-corrected chi connectivity index (χ4v) is 2.44. The lowest BCUT2D eigenvalue weighted by Gasteiger charge is -2.26. The topological polar surface area (TPSA) is 28.4 Å². The van der Waals surface area contributed by atoms with Crippen LogP contribution in [0.4, 0.5) is 0 Å². The van der Waals surface area contributed by atoms with Gasteiger partial charge in [-0.3, -0.25) is 4.90 Å². The first-order chi connectivity index (χ1) is 10.0. The van der Waals surface area contributed by atoms with Crippen molar-refractivity contribution in [3.8, 4) is 0 Å². The summed E-state index contributed by atoms with van der Waals surface area (Å²) in [7, 11) is 0. The summed E-state index contributed by atoms with van der Waals surface area (Å²) in [6.07, 6.45) is 5.71. The van der Waals surface area contributed by atoms with E-state index in [1.807, 2.05) is 6.26 Å². The molecule has 1 rings (SSSR count). The molecule has 1 aromatic heterocycles. The van der Waals surface area contributed by atoms with E-state index in [1.54, 1.807) is 0 Å². The Morgan fingerprint density at radius 3 is 2.57 bits per heavy atom. The highest BCUT2D eigenvalue weighted by Gasteiger charge is 2.14. The summed E-state index contributed by atoms with van der Waals surface area (Å²) < 4.78 is 5.66. The van der Waals surface area contributed by atoms with Crippen LogP contribution in [-0.4, -0.2) is 24.0 Å². The van der Waals surface area contributed by atoms with Gasteiger partial charge >= 0.3 is 0 Å². The normalized spacial score (nSPS) is 12.0. The van der Waals surface area contributed by atoms with Gasteiger partial charge in [-0.25, -0.2) is 0 Å². The summed E-state index contributed by atoms with van der Waals surface area (Å²) in [6.45, 7) is 15.3. The van der Waals surface area contributed by atoms with Gasteiger partial charge in [0.2, 0.25) is 0 Å². The highest BCUT2D eigenvalue weighted by Crippen LogP contribution is 2.16. The molecule has 0 amide bonds. The smallest absolute Gasteiger partial charge is 0.122 e. The third-order valence-corrected chi connectivity index (χ3v) is 3.83. The zero-order chi connectivity index (χ0) is 15.7. The van der Waals surface area contributed by atoms with E-state index in [2.05, 4.69) is 50.9 Å². The van der Waals surface area contributed by atoms with Gasteiger partial charge in [-0.15, -0.1) is 0 Å². The van der Waals surface area contributed by atoms with Crippen molar-refractivity contribution in [2.75, 3.05) is 13.1 Å². The number of nitrogens with zero attached hydrogens (tertiary/aromatic N) is 1. The summed E-state index contributed by atoms with van der Waals surface area (Å²) in [5.74, 6) is 1.77. The van der Waals surface area contributed by atoms with Gasteiger partial charge in [-0.05, 0) is 45.3 Å². The average molecular weight is 294 g/mol. The van der Waals surface area contributed by atoms with E-state index >= 15 is 0 Å². The molecule has 122 valence electrons. The first-order valence-electron chi connectivity index (χ1n) is 8.54. The molecule has 0 atom stereocenters. The molecule has 3 nitrogen and oxygen atoms in total. The van der Waals surface area contributed by atoms with Crippen LogP contribution < -0.4 is 5.32 Å². The standard InChI is InChI=1S/C18H34N2O/c1-6-7-8-10-20(16(4)5)14-17-9-11-21-18(17)13-19-12-15(2)3/h9,11,15-16,19H,6-8,10,12-14H2,1-5H3. The van der Waals surface area contributed by atoms with Crippen molar-refractivity contribution in [1.29, 1.82) is 0 Å². The van der Waals surface area contributed by atoms with Crippen LogP contribution in [0.15, 0.2) is 16.7 Å². The van der Waals surface area contributed by atoms with Crippen LogP contribution in [0.5, 0.6) is 0 Å². The fourth-order valence-electron chi connectivity index (χ4n) is 2.44. The van der Waals surface area contributed by atoms with Crippen LogP contribution in [0.25, 0.3) is 0 Å². The Morgan fingerprint density at radius 2 is 1.95 bits per heavy atom. The van der Waals surface area contributed by atoms with Crippen LogP contribution in [0.3, 0.4) is 0 Å². The molecule has 0 aliphatic carbocycles. The summed E-state index contributed by atoms with van der Waals surface area (Å²) >= 11 is 0. The van der Waals surface area contributed by atoms with E-state index in [-0.39, 0.29) is 0 Å². The number of hydrogen-bond donors (Lipinski definition) is 1. The molecule has 1 aromatic rings. The maximum absolute atomic E-state index is 5.66. The molecule has 0 aromatic carbocycles. The molecular formula is C18H34N2O. The first-order valence-corrected chi connectivity index (χ1v) is 8.54. The van der Waals surface area contributed by atoms with Crippen molar-refractivity contribution < 1.29 is 4.42 Å².